The summed E-state index contributed by atoms with van der Waals surface area (Å²) >= 11 is 0. The number of carbonyl (C=O) groups is 1. The van der Waals surface area contributed by atoms with Gasteiger partial charge in [0.15, 0.2) is 0 Å². The molecule has 0 aliphatic carbocycles. The lowest BCUT2D eigenvalue weighted by atomic mass is 9.89. The van der Waals surface area contributed by atoms with Gasteiger partial charge in [-0.1, -0.05) is 0 Å². The van der Waals surface area contributed by atoms with Gasteiger partial charge in [-0.25, -0.2) is 0 Å². The van der Waals surface area contributed by atoms with Gasteiger partial charge in [0.25, 0.3) is 0 Å². The first kappa shape index (κ1) is 11.5. The van der Waals surface area contributed by atoms with Crippen LogP contribution in [0.25, 0.3) is 0 Å². The highest BCUT2D eigenvalue weighted by Gasteiger charge is 2.39. The second kappa shape index (κ2) is 3.54. The average molecular weight is 199 g/mol. The van der Waals surface area contributed by atoms with Crippen LogP contribution < -0.4 is 5.32 Å². The van der Waals surface area contributed by atoms with Crippen LogP contribution in [0, 0.1) is 5.41 Å². The maximum absolute atomic E-state index is 11.7. The monoisotopic (exact) mass is 199 g/mol. The zero-order valence-corrected chi connectivity index (χ0v) is 9.81. The fraction of sp³-hybridized carbons (Fsp3) is 0.909. The molecule has 0 spiro atoms. The summed E-state index contributed by atoms with van der Waals surface area (Å²) in [6.45, 7) is 10.6. The molecule has 0 saturated carbocycles. The predicted octanol–water partition coefficient (Wildman–Crippen LogP) is 1.72. The highest BCUT2D eigenvalue weighted by Crippen LogP contribution is 2.26. The molecule has 0 radical (unpaired) electrons. The van der Waals surface area contributed by atoms with Crippen LogP contribution in [0.15, 0.2) is 0 Å². The summed E-state index contributed by atoms with van der Waals surface area (Å²) < 4.78 is 5.50. The number of esters is 1. The Balaban J connectivity index is 2.54. The van der Waals surface area contributed by atoms with Crippen molar-refractivity contribution in [2.45, 2.75) is 52.7 Å². The second-order valence-corrected chi connectivity index (χ2v) is 5.54. The maximum Gasteiger partial charge on any atom is 0.311 e. The van der Waals surface area contributed by atoms with E-state index in [9.17, 15) is 4.79 Å². The van der Waals surface area contributed by atoms with E-state index in [0.29, 0.717) is 6.04 Å². The van der Waals surface area contributed by atoms with Crippen LogP contribution in [0.4, 0.5) is 0 Å². The van der Waals surface area contributed by atoms with Crippen molar-refractivity contribution in [2.24, 2.45) is 5.41 Å². The molecule has 0 aromatic carbocycles. The van der Waals surface area contributed by atoms with E-state index in [-0.39, 0.29) is 11.6 Å². The van der Waals surface area contributed by atoms with Gasteiger partial charge in [0.1, 0.15) is 5.60 Å². The van der Waals surface area contributed by atoms with Crippen molar-refractivity contribution in [3.05, 3.63) is 0 Å². The van der Waals surface area contributed by atoms with Crippen LogP contribution in [0.2, 0.25) is 0 Å². The molecule has 1 unspecified atom stereocenters. The Kier molecular flexibility index (Phi) is 2.91. The smallest absolute Gasteiger partial charge is 0.311 e. The fourth-order valence-corrected chi connectivity index (χ4v) is 1.35. The van der Waals surface area contributed by atoms with Gasteiger partial charge in [-0.3, -0.25) is 4.79 Å². The summed E-state index contributed by atoms with van der Waals surface area (Å²) in [4.78, 5) is 11.7. The highest BCUT2D eigenvalue weighted by atomic mass is 16.6. The van der Waals surface area contributed by atoms with Crippen LogP contribution in [0.5, 0.6) is 0 Å². The Labute approximate surface area is 86.2 Å². The molecule has 0 aromatic heterocycles. The van der Waals surface area contributed by atoms with Gasteiger partial charge in [-0.15, -0.1) is 0 Å². The van der Waals surface area contributed by atoms with Crippen molar-refractivity contribution in [1.82, 2.24) is 5.32 Å². The first-order valence-corrected chi connectivity index (χ1v) is 5.20. The number of carbonyl (C=O) groups excluding carboxylic acids is 1. The van der Waals surface area contributed by atoms with Gasteiger partial charge >= 0.3 is 5.97 Å². The maximum atomic E-state index is 11.7. The van der Waals surface area contributed by atoms with Crippen LogP contribution in [-0.2, 0) is 9.53 Å². The molecule has 1 fully saturated rings. The molecule has 3 heteroatoms. The Hall–Kier alpha value is -0.570. The van der Waals surface area contributed by atoms with Crippen molar-refractivity contribution in [2.75, 3.05) is 6.54 Å². The van der Waals surface area contributed by atoms with Gasteiger partial charge in [-0.05, 0) is 47.6 Å². The number of rotatable bonds is 2. The summed E-state index contributed by atoms with van der Waals surface area (Å²) in [7, 11) is 0. The summed E-state index contributed by atoms with van der Waals surface area (Å²) in [6, 6.07) is 0.314. The Morgan fingerprint density at radius 1 is 1.29 bits per heavy atom. The van der Waals surface area contributed by atoms with Crippen LogP contribution in [-0.4, -0.2) is 24.2 Å². The third kappa shape index (κ3) is 2.47. The molecule has 1 saturated heterocycles. The number of hydrogen-bond acceptors (Lipinski definition) is 3. The normalized spacial score (nSPS) is 22.8. The molecule has 82 valence electrons. The molecule has 0 bridgehead atoms. The summed E-state index contributed by atoms with van der Waals surface area (Å²) in [5, 5.41) is 3.27. The van der Waals surface area contributed by atoms with Crippen LogP contribution in [0.1, 0.15) is 41.0 Å². The van der Waals surface area contributed by atoms with Gasteiger partial charge < -0.3 is 10.1 Å². The van der Waals surface area contributed by atoms with E-state index in [1.165, 1.54) is 0 Å². The SMILES string of the molecule is CC(C)(C)C(=O)OC(C)(C)C1CCN1. The van der Waals surface area contributed by atoms with Gasteiger partial charge in [-0.2, -0.15) is 0 Å². The van der Waals surface area contributed by atoms with Crippen molar-refractivity contribution in [3.8, 4) is 0 Å². The lowest BCUT2D eigenvalue weighted by Crippen LogP contribution is -2.58. The van der Waals surface area contributed by atoms with E-state index in [1.807, 2.05) is 34.6 Å². The van der Waals surface area contributed by atoms with Crippen LogP contribution in [0.3, 0.4) is 0 Å². The molecule has 1 aliphatic rings. The molecule has 1 aliphatic heterocycles. The van der Waals surface area contributed by atoms with E-state index in [2.05, 4.69) is 5.32 Å². The van der Waals surface area contributed by atoms with E-state index < -0.39 is 5.41 Å². The van der Waals surface area contributed by atoms with Gasteiger partial charge in [0.2, 0.25) is 0 Å². The van der Waals surface area contributed by atoms with Crippen LogP contribution >= 0.6 is 0 Å². The molecule has 1 atom stereocenters. The topological polar surface area (TPSA) is 38.3 Å². The minimum absolute atomic E-state index is 0.129. The first-order valence-electron chi connectivity index (χ1n) is 5.20. The first-order chi connectivity index (χ1) is 6.23. The molecule has 1 rings (SSSR count). The fourth-order valence-electron chi connectivity index (χ4n) is 1.35. The lowest BCUT2D eigenvalue weighted by Gasteiger charge is -2.41. The van der Waals surface area contributed by atoms with E-state index in [1.54, 1.807) is 0 Å². The number of nitrogens with one attached hydrogen (secondary N) is 1. The minimum Gasteiger partial charge on any atom is -0.458 e. The lowest BCUT2D eigenvalue weighted by molar-refractivity contribution is -0.171. The zero-order chi connectivity index (χ0) is 11.0. The molecule has 3 nitrogen and oxygen atoms in total. The standard InChI is InChI=1S/C11H21NO2/c1-10(2,3)9(13)14-11(4,5)8-6-7-12-8/h8,12H,6-7H2,1-5H3. The van der Waals surface area contributed by atoms with E-state index in [0.717, 1.165) is 13.0 Å². The third-order valence-electron chi connectivity index (χ3n) is 2.63. The molecule has 1 N–H and O–H groups in total. The van der Waals surface area contributed by atoms with Crippen molar-refractivity contribution >= 4 is 5.97 Å². The Morgan fingerprint density at radius 2 is 1.79 bits per heavy atom. The summed E-state index contributed by atoms with van der Waals surface area (Å²) in [6.07, 6.45) is 1.09. The molecule has 0 aromatic rings. The zero-order valence-electron chi connectivity index (χ0n) is 9.81. The predicted molar refractivity (Wildman–Crippen MR) is 56.0 cm³/mol. The summed E-state index contributed by atoms with van der Waals surface area (Å²) in [5.74, 6) is -0.129. The molecule has 1 heterocycles. The number of ether oxygens (including phenoxy) is 1. The van der Waals surface area contributed by atoms with Crippen molar-refractivity contribution in [1.29, 1.82) is 0 Å². The van der Waals surface area contributed by atoms with Gasteiger partial charge in [0.05, 0.1) is 5.41 Å². The third-order valence-corrected chi connectivity index (χ3v) is 2.63. The quantitative estimate of drug-likeness (QED) is 0.688. The largest absolute Gasteiger partial charge is 0.458 e. The minimum atomic E-state index is -0.416. The molecule has 0 amide bonds. The molecular weight excluding hydrogens is 178 g/mol. The Bertz CT molecular complexity index is 224. The van der Waals surface area contributed by atoms with Crippen molar-refractivity contribution < 1.29 is 9.53 Å². The van der Waals surface area contributed by atoms with Gasteiger partial charge in [0, 0.05) is 6.04 Å². The molecular formula is C11H21NO2. The second-order valence-electron chi connectivity index (χ2n) is 5.54. The Morgan fingerprint density at radius 3 is 2.07 bits per heavy atom. The van der Waals surface area contributed by atoms with E-state index >= 15 is 0 Å². The average Bonchev–Trinajstić information content (AvgIpc) is 1.76. The molecule has 14 heavy (non-hydrogen) atoms. The number of hydrogen-bond donors (Lipinski definition) is 1. The van der Waals surface area contributed by atoms with E-state index in [4.69, 9.17) is 4.74 Å². The highest BCUT2D eigenvalue weighted by molar-refractivity contribution is 5.75. The van der Waals surface area contributed by atoms with Crippen molar-refractivity contribution in [3.63, 3.8) is 0 Å². The summed E-state index contributed by atoms with van der Waals surface area (Å²) in [5.41, 5.74) is -0.802.